The summed E-state index contributed by atoms with van der Waals surface area (Å²) in [6.07, 6.45) is 5.15. The lowest BCUT2D eigenvalue weighted by Crippen LogP contribution is -1.90. The summed E-state index contributed by atoms with van der Waals surface area (Å²) in [5.74, 6) is 0.426. The van der Waals surface area contributed by atoms with Gasteiger partial charge in [-0.1, -0.05) is 26.7 Å². The van der Waals surface area contributed by atoms with Gasteiger partial charge in [0.15, 0.2) is 0 Å². The third-order valence-corrected chi connectivity index (χ3v) is 2.71. The number of phenolic OH excluding ortho intramolecular Hbond substituents is 2. The highest BCUT2D eigenvalue weighted by Gasteiger charge is 2.06. The highest BCUT2D eigenvalue weighted by atomic mass is 16.3. The van der Waals surface area contributed by atoms with Crippen molar-refractivity contribution in [3.05, 3.63) is 23.3 Å². The van der Waals surface area contributed by atoms with Gasteiger partial charge >= 0.3 is 0 Å². The number of unbranched alkanes of at least 4 members (excludes halogenated alkanes) is 2. The molecule has 84 valence electrons. The highest BCUT2D eigenvalue weighted by Crippen LogP contribution is 2.28. The van der Waals surface area contributed by atoms with Gasteiger partial charge in [-0.3, -0.25) is 0 Å². The van der Waals surface area contributed by atoms with Crippen LogP contribution in [0, 0.1) is 0 Å². The van der Waals surface area contributed by atoms with Crippen LogP contribution in [0.1, 0.15) is 44.2 Å². The van der Waals surface area contributed by atoms with Crippen LogP contribution in [0.25, 0.3) is 0 Å². The van der Waals surface area contributed by atoms with Crippen LogP contribution in [0.3, 0.4) is 0 Å². The second-order valence-electron chi connectivity index (χ2n) is 3.92. The summed E-state index contributed by atoms with van der Waals surface area (Å²) < 4.78 is 0. The van der Waals surface area contributed by atoms with Crippen molar-refractivity contribution >= 4 is 0 Å². The Morgan fingerprint density at radius 2 is 1.60 bits per heavy atom. The zero-order chi connectivity index (χ0) is 11.3. The zero-order valence-electron chi connectivity index (χ0n) is 9.58. The van der Waals surface area contributed by atoms with Crippen molar-refractivity contribution < 1.29 is 10.2 Å². The van der Waals surface area contributed by atoms with Crippen molar-refractivity contribution in [3.63, 3.8) is 0 Å². The molecular formula is C13H20O2. The van der Waals surface area contributed by atoms with Gasteiger partial charge in [-0.2, -0.15) is 0 Å². The van der Waals surface area contributed by atoms with Crippen molar-refractivity contribution in [2.45, 2.75) is 46.0 Å². The minimum atomic E-state index is 0.203. The minimum absolute atomic E-state index is 0.203. The van der Waals surface area contributed by atoms with Crippen molar-refractivity contribution in [3.8, 4) is 11.5 Å². The molecule has 0 aromatic heterocycles. The molecule has 0 bridgehead atoms. The maximum Gasteiger partial charge on any atom is 0.122 e. The van der Waals surface area contributed by atoms with Crippen molar-refractivity contribution in [2.75, 3.05) is 0 Å². The molecule has 0 unspecified atom stereocenters. The van der Waals surface area contributed by atoms with Crippen molar-refractivity contribution in [1.29, 1.82) is 0 Å². The second kappa shape index (κ2) is 5.64. The van der Waals surface area contributed by atoms with E-state index in [9.17, 15) is 10.2 Å². The molecule has 0 heterocycles. The van der Waals surface area contributed by atoms with Gasteiger partial charge in [0.2, 0.25) is 0 Å². The summed E-state index contributed by atoms with van der Waals surface area (Å²) in [6.45, 7) is 4.16. The summed E-state index contributed by atoms with van der Waals surface area (Å²) >= 11 is 0. The van der Waals surface area contributed by atoms with E-state index in [1.54, 1.807) is 0 Å². The van der Waals surface area contributed by atoms with E-state index in [0.29, 0.717) is 0 Å². The lowest BCUT2D eigenvalue weighted by Gasteiger charge is -2.08. The fourth-order valence-electron chi connectivity index (χ4n) is 1.72. The average molecular weight is 208 g/mol. The molecule has 2 nitrogen and oxygen atoms in total. The second-order valence-corrected chi connectivity index (χ2v) is 3.92. The molecule has 1 aromatic carbocycles. The molecule has 0 spiro atoms. The molecule has 0 aliphatic carbocycles. The summed E-state index contributed by atoms with van der Waals surface area (Å²) in [5, 5.41) is 19.2. The quantitative estimate of drug-likeness (QED) is 0.728. The molecule has 0 fully saturated rings. The van der Waals surface area contributed by atoms with E-state index in [1.165, 1.54) is 18.9 Å². The first kappa shape index (κ1) is 11.9. The van der Waals surface area contributed by atoms with E-state index >= 15 is 0 Å². The van der Waals surface area contributed by atoms with Gasteiger partial charge < -0.3 is 10.2 Å². The van der Waals surface area contributed by atoms with Crippen LogP contribution >= 0.6 is 0 Å². The van der Waals surface area contributed by atoms with Crippen LogP contribution in [0.5, 0.6) is 11.5 Å². The number of phenols is 2. The smallest absolute Gasteiger partial charge is 0.122 e. The number of rotatable bonds is 5. The van der Waals surface area contributed by atoms with Gasteiger partial charge in [0.25, 0.3) is 0 Å². The topological polar surface area (TPSA) is 40.5 Å². The number of aryl methyl sites for hydroxylation is 2. The van der Waals surface area contributed by atoms with Gasteiger partial charge in [-0.15, -0.1) is 0 Å². The number of aromatic hydroxyl groups is 2. The van der Waals surface area contributed by atoms with E-state index in [1.807, 2.05) is 13.0 Å². The normalized spacial score (nSPS) is 10.5. The Labute approximate surface area is 91.6 Å². The number of hydrogen-bond donors (Lipinski definition) is 2. The summed E-state index contributed by atoms with van der Waals surface area (Å²) in [4.78, 5) is 0. The third-order valence-electron chi connectivity index (χ3n) is 2.71. The summed E-state index contributed by atoms with van der Waals surface area (Å²) in [7, 11) is 0. The monoisotopic (exact) mass is 208 g/mol. The predicted molar refractivity (Wildman–Crippen MR) is 62.4 cm³/mol. The molecule has 2 heteroatoms. The fourth-order valence-corrected chi connectivity index (χ4v) is 1.72. The molecule has 1 rings (SSSR count). The van der Waals surface area contributed by atoms with Crippen LogP contribution in [0.15, 0.2) is 12.1 Å². The largest absolute Gasteiger partial charge is 0.508 e. The van der Waals surface area contributed by atoms with Crippen LogP contribution in [-0.2, 0) is 12.8 Å². The Hall–Kier alpha value is -1.18. The lowest BCUT2D eigenvalue weighted by molar-refractivity contribution is 0.441. The molecule has 0 saturated carbocycles. The number of hydrogen-bond acceptors (Lipinski definition) is 2. The highest BCUT2D eigenvalue weighted by molar-refractivity contribution is 5.45. The minimum Gasteiger partial charge on any atom is -0.508 e. The van der Waals surface area contributed by atoms with Crippen LogP contribution < -0.4 is 0 Å². The van der Waals surface area contributed by atoms with Crippen LogP contribution in [0.4, 0.5) is 0 Å². The molecule has 0 aliphatic heterocycles. The maximum atomic E-state index is 9.65. The Balaban J connectivity index is 2.78. The Kier molecular flexibility index (Phi) is 4.47. The maximum absolute atomic E-state index is 9.65. The molecule has 1 aromatic rings. The molecule has 0 saturated heterocycles. The van der Waals surface area contributed by atoms with E-state index in [2.05, 4.69) is 6.92 Å². The van der Waals surface area contributed by atoms with Gasteiger partial charge in [-0.25, -0.2) is 0 Å². The molecule has 15 heavy (non-hydrogen) atoms. The van der Waals surface area contributed by atoms with Crippen LogP contribution in [0.2, 0.25) is 0 Å². The average Bonchev–Trinajstić information content (AvgIpc) is 2.21. The van der Waals surface area contributed by atoms with Crippen LogP contribution in [-0.4, -0.2) is 10.2 Å². The lowest BCUT2D eigenvalue weighted by atomic mass is 10.0. The van der Waals surface area contributed by atoms with Gasteiger partial charge in [0.1, 0.15) is 11.5 Å². The fraction of sp³-hybridized carbons (Fsp3) is 0.538. The first-order chi connectivity index (χ1) is 7.19. The van der Waals surface area contributed by atoms with Gasteiger partial charge in [-0.05, 0) is 36.5 Å². The van der Waals surface area contributed by atoms with E-state index in [4.69, 9.17) is 0 Å². The molecule has 2 N–H and O–H groups in total. The molecule has 0 atom stereocenters. The third kappa shape index (κ3) is 3.15. The molecule has 0 aliphatic rings. The van der Waals surface area contributed by atoms with E-state index in [-0.39, 0.29) is 11.5 Å². The van der Waals surface area contributed by atoms with Gasteiger partial charge in [0.05, 0.1) is 0 Å². The first-order valence-electron chi connectivity index (χ1n) is 5.72. The van der Waals surface area contributed by atoms with E-state index in [0.717, 1.165) is 30.4 Å². The van der Waals surface area contributed by atoms with Crippen molar-refractivity contribution in [1.82, 2.24) is 0 Å². The Bertz CT molecular complexity index is 319. The zero-order valence-corrected chi connectivity index (χ0v) is 9.58. The number of benzene rings is 1. The Morgan fingerprint density at radius 1 is 0.933 bits per heavy atom. The van der Waals surface area contributed by atoms with E-state index < -0.39 is 0 Å². The molecule has 0 amide bonds. The molecule has 0 radical (unpaired) electrons. The standard InChI is InChI=1S/C13H20O2/c1-3-5-6-7-11-8-10(4-2)12(14)9-13(11)15/h8-9,14-15H,3-7H2,1-2H3. The summed E-state index contributed by atoms with van der Waals surface area (Å²) in [5.41, 5.74) is 1.87. The Morgan fingerprint density at radius 3 is 2.20 bits per heavy atom. The first-order valence-corrected chi connectivity index (χ1v) is 5.72. The predicted octanol–water partition coefficient (Wildman–Crippen LogP) is 3.39. The van der Waals surface area contributed by atoms with Gasteiger partial charge in [0, 0.05) is 6.07 Å². The SMILES string of the molecule is CCCCCc1cc(CC)c(O)cc1O. The molecular weight excluding hydrogens is 188 g/mol. The van der Waals surface area contributed by atoms with Crippen molar-refractivity contribution in [2.24, 2.45) is 0 Å². The summed E-state index contributed by atoms with van der Waals surface area (Å²) in [6, 6.07) is 3.38.